The molecule has 0 radical (unpaired) electrons. The SMILES string of the molecule is CCC(C)=NC(c1ccccc1N)C(C)C. The summed E-state index contributed by atoms with van der Waals surface area (Å²) in [4.78, 5) is 4.76. The van der Waals surface area contributed by atoms with E-state index < -0.39 is 0 Å². The summed E-state index contributed by atoms with van der Waals surface area (Å²) in [6.45, 7) is 8.58. The molecule has 0 heterocycles. The van der Waals surface area contributed by atoms with Gasteiger partial charge in [0, 0.05) is 11.4 Å². The van der Waals surface area contributed by atoms with Crippen molar-refractivity contribution in [2.45, 2.75) is 40.2 Å². The fraction of sp³-hybridized carbons (Fsp3) is 0.500. The van der Waals surface area contributed by atoms with Gasteiger partial charge in [0.2, 0.25) is 0 Å². The number of para-hydroxylation sites is 1. The van der Waals surface area contributed by atoms with Crippen molar-refractivity contribution in [1.29, 1.82) is 0 Å². The molecule has 0 aliphatic rings. The number of hydrogen-bond acceptors (Lipinski definition) is 2. The number of hydrogen-bond donors (Lipinski definition) is 1. The normalized spacial score (nSPS) is 14.2. The minimum Gasteiger partial charge on any atom is -0.398 e. The Hall–Kier alpha value is -1.31. The van der Waals surface area contributed by atoms with Crippen LogP contribution in [0.3, 0.4) is 0 Å². The Morgan fingerprint density at radius 1 is 1.31 bits per heavy atom. The summed E-state index contributed by atoms with van der Waals surface area (Å²) in [6, 6.07) is 8.19. The Labute approximate surface area is 98.6 Å². The molecule has 0 aromatic heterocycles. The summed E-state index contributed by atoms with van der Waals surface area (Å²) < 4.78 is 0. The van der Waals surface area contributed by atoms with Crippen molar-refractivity contribution in [3.05, 3.63) is 29.8 Å². The Balaban J connectivity index is 3.09. The second kappa shape index (κ2) is 5.69. The Bertz CT molecular complexity index is 367. The van der Waals surface area contributed by atoms with E-state index in [0.717, 1.165) is 17.7 Å². The Kier molecular flexibility index (Phi) is 4.53. The van der Waals surface area contributed by atoms with Crippen LogP contribution in [0, 0.1) is 5.92 Å². The van der Waals surface area contributed by atoms with Gasteiger partial charge in [-0.25, -0.2) is 0 Å². The molecular formula is C14H22N2. The van der Waals surface area contributed by atoms with E-state index in [-0.39, 0.29) is 6.04 Å². The Morgan fingerprint density at radius 2 is 1.94 bits per heavy atom. The maximum Gasteiger partial charge on any atom is 0.0790 e. The van der Waals surface area contributed by atoms with Gasteiger partial charge in [-0.15, -0.1) is 0 Å². The van der Waals surface area contributed by atoms with Crippen LogP contribution in [0.5, 0.6) is 0 Å². The van der Waals surface area contributed by atoms with E-state index in [1.54, 1.807) is 0 Å². The first-order valence-corrected chi connectivity index (χ1v) is 5.94. The van der Waals surface area contributed by atoms with E-state index in [9.17, 15) is 0 Å². The minimum absolute atomic E-state index is 0.182. The highest BCUT2D eigenvalue weighted by Crippen LogP contribution is 2.30. The van der Waals surface area contributed by atoms with Crippen LogP contribution in [-0.2, 0) is 0 Å². The first-order chi connectivity index (χ1) is 7.56. The third-order valence-corrected chi connectivity index (χ3v) is 2.82. The summed E-state index contributed by atoms with van der Waals surface area (Å²) >= 11 is 0. The lowest BCUT2D eigenvalue weighted by Crippen LogP contribution is -2.09. The van der Waals surface area contributed by atoms with Gasteiger partial charge >= 0.3 is 0 Å². The van der Waals surface area contributed by atoms with E-state index >= 15 is 0 Å². The lowest BCUT2D eigenvalue weighted by molar-refractivity contribution is 0.517. The van der Waals surface area contributed by atoms with Crippen LogP contribution >= 0.6 is 0 Å². The molecule has 0 spiro atoms. The Morgan fingerprint density at radius 3 is 2.44 bits per heavy atom. The third-order valence-electron chi connectivity index (χ3n) is 2.82. The summed E-state index contributed by atoms with van der Waals surface area (Å²) in [6.07, 6.45) is 0.996. The van der Waals surface area contributed by atoms with Gasteiger partial charge in [0.05, 0.1) is 6.04 Å². The highest BCUT2D eigenvalue weighted by Gasteiger charge is 2.16. The molecule has 0 saturated carbocycles. The first kappa shape index (κ1) is 12.8. The number of aliphatic imine (C=N–C) groups is 1. The van der Waals surface area contributed by atoms with Crippen LogP contribution in [0.4, 0.5) is 5.69 Å². The molecule has 1 unspecified atom stereocenters. The number of anilines is 1. The van der Waals surface area contributed by atoms with Gasteiger partial charge in [0.1, 0.15) is 0 Å². The van der Waals surface area contributed by atoms with Crippen molar-refractivity contribution in [2.75, 3.05) is 5.73 Å². The van der Waals surface area contributed by atoms with Gasteiger partial charge in [0.15, 0.2) is 0 Å². The minimum atomic E-state index is 0.182. The van der Waals surface area contributed by atoms with Crippen LogP contribution in [0.1, 0.15) is 45.7 Å². The second-order valence-corrected chi connectivity index (χ2v) is 4.54. The molecule has 1 aromatic rings. The van der Waals surface area contributed by atoms with Crippen LogP contribution in [0.2, 0.25) is 0 Å². The highest BCUT2D eigenvalue weighted by atomic mass is 14.8. The molecule has 2 nitrogen and oxygen atoms in total. The number of nitrogen functional groups attached to an aromatic ring is 1. The van der Waals surface area contributed by atoms with E-state index in [0.29, 0.717) is 5.92 Å². The fourth-order valence-corrected chi connectivity index (χ4v) is 1.69. The molecule has 0 fully saturated rings. The molecule has 88 valence electrons. The molecule has 0 bridgehead atoms. The summed E-state index contributed by atoms with van der Waals surface area (Å²) in [7, 11) is 0. The number of nitrogens with two attached hydrogens (primary N) is 1. The smallest absolute Gasteiger partial charge is 0.0790 e. The maximum atomic E-state index is 6.01. The summed E-state index contributed by atoms with van der Waals surface area (Å²) in [5, 5.41) is 0. The molecule has 16 heavy (non-hydrogen) atoms. The molecule has 2 N–H and O–H groups in total. The average Bonchev–Trinajstić information content (AvgIpc) is 2.26. The van der Waals surface area contributed by atoms with Crippen LogP contribution < -0.4 is 5.73 Å². The molecule has 0 aliphatic carbocycles. The monoisotopic (exact) mass is 218 g/mol. The number of benzene rings is 1. The molecule has 0 aliphatic heterocycles. The van der Waals surface area contributed by atoms with Gasteiger partial charge in [-0.3, -0.25) is 4.99 Å². The quantitative estimate of drug-likeness (QED) is 0.605. The molecule has 0 saturated heterocycles. The maximum absolute atomic E-state index is 6.01. The lowest BCUT2D eigenvalue weighted by atomic mass is 9.95. The lowest BCUT2D eigenvalue weighted by Gasteiger charge is -2.19. The third kappa shape index (κ3) is 3.09. The van der Waals surface area contributed by atoms with Crippen molar-refractivity contribution >= 4 is 11.4 Å². The number of nitrogens with zero attached hydrogens (tertiary/aromatic N) is 1. The largest absolute Gasteiger partial charge is 0.398 e. The second-order valence-electron chi connectivity index (χ2n) is 4.54. The fourth-order valence-electron chi connectivity index (χ4n) is 1.69. The predicted octanol–water partition coefficient (Wildman–Crippen LogP) is 3.84. The molecule has 1 aromatic carbocycles. The first-order valence-electron chi connectivity index (χ1n) is 5.94. The van der Waals surface area contributed by atoms with Crippen molar-refractivity contribution < 1.29 is 0 Å². The van der Waals surface area contributed by atoms with Gasteiger partial charge < -0.3 is 5.73 Å². The predicted molar refractivity (Wildman–Crippen MR) is 71.8 cm³/mol. The topological polar surface area (TPSA) is 38.4 Å². The number of rotatable bonds is 4. The standard InChI is InChI=1S/C14H22N2/c1-5-11(4)16-14(10(2)3)12-8-6-7-9-13(12)15/h6-10,14H,5,15H2,1-4H3. The van der Waals surface area contributed by atoms with E-state index in [1.165, 1.54) is 5.71 Å². The molecule has 1 atom stereocenters. The molecule has 1 rings (SSSR count). The van der Waals surface area contributed by atoms with Crippen LogP contribution in [-0.4, -0.2) is 5.71 Å². The molecule has 0 amide bonds. The van der Waals surface area contributed by atoms with Gasteiger partial charge in [-0.05, 0) is 30.9 Å². The van der Waals surface area contributed by atoms with Gasteiger partial charge in [-0.2, -0.15) is 0 Å². The highest BCUT2D eigenvalue weighted by molar-refractivity contribution is 5.82. The zero-order valence-corrected chi connectivity index (χ0v) is 10.7. The zero-order valence-electron chi connectivity index (χ0n) is 10.7. The van der Waals surface area contributed by atoms with Crippen molar-refractivity contribution in [3.8, 4) is 0 Å². The van der Waals surface area contributed by atoms with Crippen LogP contribution in [0.25, 0.3) is 0 Å². The van der Waals surface area contributed by atoms with E-state index in [4.69, 9.17) is 10.7 Å². The molecular weight excluding hydrogens is 196 g/mol. The van der Waals surface area contributed by atoms with Crippen molar-refractivity contribution in [3.63, 3.8) is 0 Å². The van der Waals surface area contributed by atoms with Gasteiger partial charge in [0.25, 0.3) is 0 Å². The van der Waals surface area contributed by atoms with Crippen molar-refractivity contribution in [2.24, 2.45) is 10.9 Å². The van der Waals surface area contributed by atoms with Crippen LogP contribution in [0.15, 0.2) is 29.3 Å². The zero-order chi connectivity index (χ0) is 12.1. The van der Waals surface area contributed by atoms with Gasteiger partial charge in [-0.1, -0.05) is 39.0 Å². The van der Waals surface area contributed by atoms with Crippen molar-refractivity contribution in [1.82, 2.24) is 0 Å². The van der Waals surface area contributed by atoms with E-state index in [1.807, 2.05) is 18.2 Å². The summed E-state index contributed by atoms with van der Waals surface area (Å²) in [5.41, 5.74) is 9.17. The van der Waals surface area contributed by atoms with E-state index in [2.05, 4.69) is 33.8 Å². The average molecular weight is 218 g/mol. The summed E-state index contributed by atoms with van der Waals surface area (Å²) in [5.74, 6) is 0.464. The molecule has 2 heteroatoms.